The lowest BCUT2D eigenvalue weighted by atomic mass is 9.58. The van der Waals surface area contributed by atoms with Gasteiger partial charge in [-0.15, -0.1) is 24.0 Å². The molecule has 0 amide bonds. The third-order valence-electron chi connectivity index (χ3n) is 4.99. The summed E-state index contributed by atoms with van der Waals surface area (Å²) in [6.07, 6.45) is 3.52. The second kappa shape index (κ2) is 9.55. The number of aryl methyl sites for hydroxylation is 1. The molecule has 7 nitrogen and oxygen atoms in total. The van der Waals surface area contributed by atoms with Crippen molar-refractivity contribution in [1.82, 2.24) is 20.8 Å². The molecule has 0 radical (unpaired) electrons. The fourth-order valence-electron chi connectivity index (χ4n) is 3.52. The van der Waals surface area contributed by atoms with Crippen LogP contribution in [0.4, 0.5) is 0 Å². The molecule has 0 saturated heterocycles. The summed E-state index contributed by atoms with van der Waals surface area (Å²) in [5, 5.41) is 10.7. The normalized spacial score (nSPS) is 22.5. The largest absolute Gasteiger partial charge is 0.378 e. The van der Waals surface area contributed by atoms with Gasteiger partial charge in [0.15, 0.2) is 11.8 Å². The fourth-order valence-corrected chi connectivity index (χ4v) is 3.52. The zero-order chi connectivity index (χ0) is 16.9. The minimum Gasteiger partial charge on any atom is -0.378 e. The van der Waals surface area contributed by atoms with Crippen molar-refractivity contribution in [2.45, 2.75) is 65.6 Å². The molecular weight excluding hydrogens is 421 g/mol. The number of aromatic nitrogens is 2. The van der Waals surface area contributed by atoms with Crippen molar-refractivity contribution in [2.75, 3.05) is 13.7 Å². The maximum absolute atomic E-state index is 5.92. The van der Waals surface area contributed by atoms with Gasteiger partial charge in [-0.3, -0.25) is 4.99 Å². The molecule has 1 saturated carbocycles. The minimum atomic E-state index is 0. The van der Waals surface area contributed by atoms with E-state index in [0.29, 0.717) is 30.4 Å². The lowest BCUT2D eigenvalue weighted by Crippen LogP contribution is -2.65. The highest BCUT2D eigenvalue weighted by Crippen LogP contribution is 2.48. The van der Waals surface area contributed by atoms with Gasteiger partial charge in [-0.2, -0.15) is 4.98 Å². The first-order valence-electron chi connectivity index (χ1n) is 8.47. The van der Waals surface area contributed by atoms with E-state index in [2.05, 4.69) is 46.5 Å². The zero-order valence-electron chi connectivity index (χ0n) is 15.3. The van der Waals surface area contributed by atoms with Crippen molar-refractivity contribution in [2.24, 2.45) is 10.4 Å². The van der Waals surface area contributed by atoms with Crippen LogP contribution in [-0.4, -0.2) is 41.9 Å². The first kappa shape index (κ1) is 21.1. The molecule has 2 unspecified atom stereocenters. The van der Waals surface area contributed by atoms with E-state index in [-0.39, 0.29) is 29.4 Å². The van der Waals surface area contributed by atoms with Crippen LogP contribution in [0.5, 0.6) is 0 Å². The van der Waals surface area contributed by atoms with Crippen molar-refractivity contribution >= 4 is 29.9 Å². The molecule has 0 spiro atoms. The molecule has 0 bridgehead atoms. The van der Waals surface area contributed by atoms with Crippen LogP contribution < -0.4 is 10.6 Å². The molecule has 2 rings (SSSR count). The predicted octanol–water partition coefficient (Wildman–Crippen LogP) is 2.64. The van der Waals surface area contributed by atoms with Gasteiger partial charge >= 0.3 is 0 Å². The maximum atomic E-state index is 5.92. The summed E-state index contributed by atoms with van der Waals surface area (Å²) in [6, 6.07) is 0.368. The number of nitrogens with zero attached hydrogens (tertiary/aromatic N) is 3. The molecule has 8 heteroatoms. The van der Waals surface area contributed by atoms with Gasteiger partial charge in [0.25, 0.3) is 0 Å². The SMILES string of the molecule is CCOC1CC(NC(=NC)NCc2noc(C)n2)C1(CC)CC.I. The number of hydrogen-bond donors (Lipinski definition) is 2. The number of rotatable bonds is 7. The molecule has 2 atom stereocenters. The van der Waals surface area contributed by atoms with Crippen LogP contribution in [-0.2, 0) is 11.3 Å². The topological polar surface area (TPSA) is 84.6 Å². The third-order valence-corrected chi connectivity index (χ3v) is 4.99. The van der Waals surface area contributed by atoms with E-state index in [4.69, 9.17) is 9.26 Å². The predicted molar refractivity (Wildman–Crippen MR) is 105 cm³/mol. The monoisotopic (exact) mass is 451 g/mol. The molecule has 0 aliphatic heterocycles. The molecule has 1 aromatic rings. The highest BCUT2D eigenvalue weighted by molar-refractivity contribution is 14.0. The quantitative estimate of drug-likeness (QED) is 0.377. The van der Waals surface area contributed by atoms with Gasteiger partial charge in [0.2, 0.25) is 5.89 Å². The van der Waals surface area contributed by atoms with Crippen molar-refractivity contribution in [3.63, 3.8) is 0 Å². The second-order valence-corrected chi connectivity index (χ2v) is 5.97. The Kier molecular flexibility index (Phi) is 8.41. The van der Waals surface area contributed by atoms with E-state index in [1.165, 1.54) is 0 Å². The average Bonchev–Trinajstić information content (AvgIpc) is 2.96. The molecule has 24 heavy (non-hydrogen) atoms. The van der Waals surface area contributed by atoms with Crippen LogP contribution in [0.1, 0.15) is 51.7 Å². The molecule has 1 fully saturated rings. The zero-order valence-corrected chi connectivity index (χ0v) is 17.6. The van der Waals surface area contributed by atoms with Crippen LogP contribution in [0.15, 0.2) is 9.52 Å². The number of aliphatic imine (C=N–C) groups is 1. The summed E-state index contributed by atoms with van der Waals surface area (Å²) in [7, 11) is 1.77. The van der Waals surface area contributed by atoms with Gasteiger partial charge in [-0.1, -0.05) is 19.0 Å². The van der Waals surface area contributed by atoms with E-state index in [1.807, 2.05) is 0 Å². The van der Waals surface area contributed by atoms with E-state index < -0.39 is 0 Å². The highest BCUT2D eigenvalue weighted by atomic mass is 127. The maximum Gasteiger partial charge on any atom is 0.223 e. The third kappa shape index (κ3) is 4.38. The van der Waals surface area contributed by atoms with Crippen LogP contribution in [0.25, 0.3) is 0 Å². The van der Waals surface area contributed by atoms with E-state index >= 15 is 0 Å². The van der Waals surface area contributed by atoms with Gasteiger partial charge in [-0.25, -0.2) is 0 Å². The molecule has 2 N–H and O–H groups in total. The number of ether oxygens (including phenoxy) is 1. The summed E-state index contributed by atoms with van der Waals surface area (Å²) in [5.74, 6) is 1.96. The number of halogens is 1. The fraction of sp³-hybridized carbons (Fsp3) is 0.812. The Morgan fingerprint density at radius 2 is 2.08 bits per heavy atom. The smallest absolute Gasteiger partial charge is 0.223 e. The van der Waals surface area contributed by atoms with Crippen molar-refractivity contribution < 1.29 is 9.26 Å². The van der Waals surface area contributed by atoms with Gasteiger partial charge in [-0.05, 0) is 26.2 Å². The Morgan fingerprint density at radius 3 is 2.58 bits per heavy atom. The van der Waals surface area contributed by atoms with Crippen LogP contribution in [0, 0.1) is 12.3 Å². The molecule has 1 aliphatic carbocycles. The molecule has 138 valence electrons. The standard InChI is InChI=1S/C16H29N5O2.HI/c1-6-16(7-2)12(9-13(16)22-8-3)20-15(17-5)18-10-14-19-11(4)23-21-14;/h12-13H,6-10H2,1-5H3,(H2,17,18,20);1H. The van der Waals surface area contributed by atoms with Gasteiger partial charge < -0.3 is 19.9 Å². The Hall–Kier alpha value is -0.900. The van der Waals surface area contributed by atoms with Crippen LogP contribution >= 0.6 is 24.0 Å². The average molecular weight is 451 g/mol. The Balaban J connectivity index is 0.00000288. The van der Waals surface area contributed by atoms with Crippen molar-refractivity contribution in [3.8, 4) is 0 Å². The van der Waals surface area contributed by atoms with Crippen molar-refractivity contribution in [3.05, 3.63) is 11.7 Å². The Morgan fingerprint density at radius 1 is 1.38 bits per heavy atom. The van der Waals surface area contributed by atoms with Gasteiger partial charge in [0.1, 0.15) is 0 Å². The summed E-state index contributed by atoms with van der Waals surface area (Å²) >= 11 is 0. The number of hydrogen-bond acceptors (Lipinski definition) is 5. The Bertz CT molecular complexity index is 530. The van der Waals surface area contributed by atoms with E-state index in [0.717, 1.165) is 31.8 Å². The number of nitrogens with one attached hydrogen (secondary N) is 2. The summed E-state index contributed by atoms with van der Waals surface area (Å²) < 4.78 is 10.9. The van der Waals surface area contributed by atoms with Gasteiger partial charge in [0, 0.05) is 32.0 Å². The van der Waals surface area contributed by atoms with E-state index in [1.54, 1.807) is 14.0 Å². The summed E-state index contributed by atoms with van der Waals surface area (Å²) in [4.78, 5) is 8.49. The van der Waals surface area contributed by atoms with Crippen LogP contribution in [0.2, 0.25) is 0 Å². The lowest BCUT2D eigenvalue weighted by Gasteiger charge is -2.55. The molecule has 1 heterocycles. The lowest BCUT2D eigenvalue weighted by molar-refractivity contribution is -0.133. The molecule has 1 aromatic heterocycles. The first-order valence-corrected chi connectivity index (χ1v) is 8.47. The minimum absolute atomic E-state index is 0. The van der Waals surface area contributed by atoms with Gasteiger partial charge in [0.05, 0.1) is 12.6 Å². The molecule has 1 aliphatic rings. The summed E-state index contributed by atoms with van der Waals surface area (Å²) in [5.41, 5.74) is 0.177. The summed E-state index contributed by atoms with van der Waals surface area (Å²) in [6.45, 7) is 9.57. The highest BCUT2D eigenvalue weighted by Gasteiger charge is 2.53. The van der Waals surface area contributed by atoms with E-state index in [9.17, 15) is 0 Å². The molecule has 0 aromatic carbocycles. The van der Waals surface area contributed by atoms with Crippen molar-refractivity contribution in [1.29, 1.82) is 0 Å². The second-order valence-electron chi connectivity index (χ2n) is 5.97. The Labute approximate surface area is 161 Å². The molecular formula is C16H30IN5O2. The number of guanidine groups is 1. The van der Waals surface area contributed by atoms with Crippen LogP contribution in [0.3, 0.4) is 0 Å². The first-order chi connectivity index (χ1) is 11.1.